The zero-order chi connectivity index (χ0) is 23.6. The number of rotatable bonds is 16. The van der Waals surface area contributed by atoms with Gasteiger partial charge in [-0.1, -0.05) is 31.7 Å². The van der Waals surface area contributed by atoms with E-state index in [4.69, 9.17) is 10.4 Å². The van der Waals surface area contributed by atoms with Gasteiger partial charge in [0.05, 0.1) is 0 Å². The Morgan fingerprint density at radius 2 is 0.906 bits per heavy atom. The second kappa shape index (κ2) is 16.7. The highest BCUT2D eigenvalue weighted by atomic mass is 16.5. The lowest BCUT2D eigenvalue weighted by Gasteiger charge is -2.09. The zero-order valence-corrected chi connectivity index (χ0v) is 18.3. The second-order valence-corrected chi connectivity index (χ2v) is 7.58. The van der Waals surface area contributed by atoms with Crippen molar-refractivity contribution >= 4 is 35.0 Å². The third kappa shape index (κ3) is 13.3. The summed E-state index contributed by atoms with van der Waals surface area (Å²) in [6.45, 7) is 0. The SMILES string of the molecule is O=C(CCCCCCC(=O)Nc1cccc(NC(=O)CCCCCCC(=O)NO)c1)NO. The molecule has 0 fully saturated rings. The molecule has 0 spiro atoms. The molecular weight excluding hydrogens is 416 g/mol. The highest BCUT2D eigenvalue weighted by Gasteiger charge is 2.06. The zero-order valence-electron chi connectivity index (χ0n) is 18.3. The van der Waals surface area contributed by atoms with Gasteiger partial charge in [-0.3, -0.25) is 29.6 Å². The number of carbonyl (C=O) groups excluding carboxylic acids is 4. The number of carbonyl (C=O) groups is 4. The first-order valence-electron chi connectivity index (χ1n) is 11.0. The Labute approximate surface area is 188 Å². The number of anilines is 2. The highest BCUT2D eigenvalue weighted by Crippen LogP contribution is 2.17. The van der Waals surface area contributed by atoms with Crippen molar-refractivity contribution < 1.29 is 29.6 Å². The Morgan fingerprint density at radius 1 is 0.562 bits per heavy atom. The van der Waals surface area contributed by atoms with Crippen LogP contribution in [0.5, 0.6) is 0 Å². The number of amides is 4. The van der Waals surface area contributed by atoms with Gasteiger partial charge in [-0.05, 0) is 43.9 Å². The molecule has 0 atom stereocenters. The molecule has 0 aliphatic rings. The first-order valence-corrected chi connectivity index (χ1v) is 11.0. The van der Waals surface area contributed by atoms with Crippen LogP contribution in [0.1, 0.15) is 77.0 Å². The van der Waals surface area contributed by atoms with Gasteiger partial charge >= 0.3 is 0 Å². The summed E-state index contributed by atoms with van der Waals surface area (Å²) in [4.78, 5) is 46.0. The third-order valence-electron chi connectivity index (χ3n) is 4.79. The molecule has 0 saturated carbocycles. The van der Waals surface area contributed by atoms with Crippen molar-refractivity contribution in [2.24, 2.45) is 0 Å². The van der Waals surface area contributed by atoms with E-state index in [0.717, 1.165) is 25.7 Å². The minimum absolute atomic E-state index is 0.114. The summed E-state index contributed by atoms with van der Waals surface area (Å²) in [5.74, 6) is -1.04. The van der Waals surface area contributed by atoms with E-state index in [-0.39, 0.29) is 24.7 Å². The van der Waals surface area contributed by atoms with Crippen LogP contribution in [0, 0.1) is 0 Å². The molecule has 10 nitrogen and oxygen atoms in total. The van der Waals surface area contributed by atoms with Crippen LogP contribution in [0.4, 0.5) is 11.4 Å². The van der Waals surface area contributed by atoms with Crippen LogP contribution in [-0.2, 0) is 19.2 Å². The number of hydrogen-bond acceptors (Lipinski definition) is 6. The van der Waals surface area contributed by atoms with Crippen molar-refractivity contribution in [3.8, 4) is 0 Å². The third-order valence-corrected chi connectivity index (χ3v) is 4.79. The van der Waals surface area contributed by atoms with Crippen LogP contribution in [0.2, 0.25) is 0 Å². The normalized spacial score (nSPS) is 10.3. The molecule has 6 N–H and O–H groups in total. The molecule has 0 bridgehead atoms. The van der Waals surface area contributed by atoms with Crippen LogP contribution in [0.3, 0.4) is 0 Å². The van der Waals surface area contributed by atoms with Gasteiger partial charge < -0.3 is 10.6 Å². The van der Waals surface area contributed by atoms with Crippen molar-refractivity contribution in [3.63, 3.8) is 0 Å². The van der Waals surface area contributed by atoms with Gasteiger partial charge in [-0.25, -0.2) is 11.0 Å². The molecule has 0 aliphatic carbocycles. The van der Waals surface area contributed by atoms with Gasteiger partial charge in [0.25, 0.3) is 0 Å². The van der Waals surface area contributed by atoms with Crippen molar-refractivity contribution in [2.75, 3.05) is 10.6 Å². The van der Waals surface area contributed by atoms with E-state index in [1.807, 2.05) is 0 Å². The Morgan fingerprint density at radius 3 is 1.25 bits per heavy atom. The predicted molar refractivity (Wildman–Crippen MR) is 119 cm³/mol. The lowest BCUT2D eigenvalue weighted by molar-refractivity contribution is -0.130. The molecule has 1 aromatic rings. The van der Waals surface area contributed by atoms with E-state index in [0.29, 0.717) is 49.9 Å². The molecular formula is C22H34N4O6. The summed E-state index contributed by atoms with van der Waals surface area (Å²) in [6, 6.07) is 6.97. The minimum Gasteiger partial charge on any atom is -0.326 e. The number of benzene rings is 1. The molecule has 0 radical (unpaired) electrons. The predicted octanol–water partition coefficient (Wildman–Crippen LogP) is 3.26. The molecule has 10 heteroatoms. The lowest BCUT2D eigenvalue weighted by Crippen LogP contribution is -2.17. The molecule has 4 amide bonds. The van der Waals surface area contributed by atoms with Crippen molar-refractivity contribution in [1.82, 2.24) is 11.0 Å². The first kappa shape index (κ1) is 27.1. The fourth-order valence-corrected chi connectivity index (χ4v) is 3.08. The molecule has 0 aliphatic heterocycles. The van der Waals surface area contributed by atoms with Crippen molar-refractivity contribution in [3.05, 3.63) is 24.3 Å². The fraction of sp³-hybridized carbons (Fsp3) is 0.545. The van der Waals surface area contributed by atoms with Crippen LogP contribution in [-0.4, -0.2) is 34.0 Å². The standard InChI is InChI=1S/C22H34N4O6/c27-19(12-5-1-3-7-14-21(29)25-31)23-17-10-9-11-18(16-17)24-20(28)13-6-2-4-8-15-22(30)26-32/h9-11,16,31-32H,1-8,12-15H2,(H,23,27)(H,24,28)(H,25,29)(H,26,30). The Balaban J connectivity index is 2.22. The van der Waals surface area contributed by atoms with E-state index < -0.39 is 11.8 Å². The van der Waals surface area contributed by atoms with Crippen LogP contribution >= 0.6 is 0 Å². The molecule has 0 aromatic heterocycles. The molecule has 178 valence electrons. The summed E-state index contributed by atoms with van der Waals surface area (Å²) in [6.07, 6.45) is 7.24. The van der Waals surface area contributed by atoms with Gasteiger partial charge in [0.2, 0.25) is 23.6 Å². The van der Waals surface area contributed by atoms with Crippen LogP contribution in [0.25, 0.3) is 0 Å². The quantitative estimate of drug-likeness (QED) is 0.129. The lowest BCUT2D eigenvalue weighted by atomic mass is 10.1. The molecule has 0 saturated heterocycles. The topological polar surface area (TPSA) is 157 Å². The average molecular weight is 451 g/mol. The van der Waals surface area contributed by atoms with Gasteiger partial charge in [0.15, 0.2) is 0 Å². The van der Waals surface area contributed by atoms with Gasteiger partial charge in [-0.15, -0.1) is 0 Å². The minimum atomic E-state index is -0.403. The number of nitrogens with one attached hydrogen (secondary N) is 4. The Kier molecular flexibility index (Phi) is 14.1. The van der Waals surface area contributed by atoms with E-state index >= 15 is 0 Å². The average Bonchev–Trinajstić information content (AvgIpc) is 2.78. The summed E-state index contributed by atoms with van der Waals surface area (Å²) in [7, 11) is 0. The molecule has 0 heterocycles. The maximum Gasteiger partial charge on any atom is 0.243 e. The summed E-state index contributed by atoms with van der Waals surface area (Å²) < 4.78 is 0. The molecule has 0 unspecified atom stereocenters. The Bertz CT molecular complexity index is 684. The summed E-state index contributed by atoms with van der Waals surface area (Å²) in [5.41, 5.74) is 4.40. The van der Waals surface area contributed by atoms with E-state index in [2.05, 4.69) is 10.6 Å². The molecule has 1 aromatic carbocycles. The van der Waals surface area contributed by atoms with E-state index in [9.17, 15) is 19.2 Å². The first-order chi connectivity index (χ1) is 15.4. The van der Waals surface area contributed by atoms with Gasteiger partial charge in [0, 0.05) is 37.1 Å². The highest BCUT2D eigenvalue weighted by molar-refractivity contribution is 5.94. The maximum atomic E-state index is 12.1. The number of unbranched alkanes of at least 4 members (excludes halogenated alkanes) is 6. The second-order valence-electron chi connectivity index (χ2n) is 7.58. The van der Waals surface area contributed by atoms with Crippen LogP contribution < -0.4 is 21.6 Å². The molecule has 32 heavy (non-hydrogen) atoms. The van der Waals surface area contributed by atoms with E-state index in [1.165, 1.54) is 0 Å². The van der Waals surface area contributed by atoms with Gasteiger partial charge in [-0.2, -0.15) is 0 Å². The maximum absolute atomic E-state index is 12.1. The summed E-state index contributed by atoms with van der Waals surface area (Å²) in [5, 5.41) is 22.5. The monoisotopic (exact) mass is 450 g/mol. The fourth-order valence-electron chi connectivity index (χ4n) is 3.08. The number of hydrogen-bond donors (Lipinski definition) is 6. The van der Waals surface area contributed by atoms with Crippen molar-refractivity contribution in [1.29, 1.82) is 0 Å². The van der Waals surface area contributed by atoms with E-state index in [1.54, 1.807) is 35.2 Å². The van der Waals surface area contributed by atoms with Gasteiger partial charge in [0.1, 0.15) is 0 Å². The van der Waals surface area contributed by atoms with Crippen LogP contribution in [0.15, 0.2) is 24.3 Å². The summed E-state index contributed by atoms with van der Waals surface area (Å²) >= 11 is 0. The Hall–Kier alpha value is -2.98. The smallest absolute Gasteiger partial charge is 0.243 e. The largest absolute Gasteiger partial charge is 0.326 e. The number of hydroxylamine groups is 2. The molecule has 1 rings (SSSR count). The van der Waals surface area contributed by atoms with Crippen molar-refractivity contribution in [2.45, 2.75) is 77.0 Å².